The molecule has 0 aliphatic carbocycles. The van der Waals surface area contributed by atoms with Crippen molar-refractivity contribution in [1.82, 2.24) is 15.0 Å². The molecule has 1 aromatic carbocycles. The van der Waals surface area contributed by atoms with Crippen LogP contribution in [0.3, 0.4) is 0 Å². The molecule has 38 heavy (non-hydrogen) atoms. The van der Waals surface area contributed by atoms with E-state index in [1.807, 2.05) is 6.07 Å². The Hall–Kier alpha value is -3.17. The van der Waals surface area contributed by atoms with Gasteiger partial charge in [0.05, 0.1) is 12.8 Å². The highest BCUT2D eigenvalue weighted by atomic mass is 79.9. The fourth-order valence-corrected chi connectivity index (χ4v) is 4.79. The molecule has 14 heteroatoms. The quantitative estimate of drug-likeness (QED) is 0.304. The van der Waals surface area contributed by atoms with Crippen molar-refractivity contribution in [3.8, 4) is 11.3 Å². The Morgan fingerprint density at radius 1 is 1.13 bits per heavy atom. The summed E-state index contributed by atoms with van der Waals surface area (Å²) in [5.74, 6) is -1.20. The number of hydrogen-bond acceptors (Lipinski definition) is 12. The number of esters is 2. The van der Waals surface area contributed by atoms with Gasteiger partial charge in [0.1, 0.15) is 30.2 Å². The Bertz CT molecular complexity index is 1410. The number of carbonyl (C=O) groups is 2. The van der Waals surface area contributed by atoms with E-state index in [1.165, 1.54) is 24.6 Å². The lowest BCUT2D eigenvalue weighted by molar-refractivity contribution is -0.361. The number of hydrogen-bond donors (Lipinski definition) is 0. The Morgan fingerprint density at radius 2 is 1.89 bits per heavy atom. The summed E-state index contributed by atoms with van der Waals surface area (Å²) in [7, 11) is 0. The van der Waals surface area contributed by atoms with Crippen molar-refractivity contribution in [2.45, 2.75) is 64.5 Å². The first-order valence-corrected chi connectivity index (χ1v) is 12.5. The molecule has 1 unspecified atom stereocenters. The second-order valence-electron chi connectivity index (χ2n) is 8.75. The van der Waals surface area contributed by atoms with Gasteiger partial charge in [0.15, 0.2) is 18.5 Å². The van der Waals surface area contributed by atoms with Gasteiger partial charge < -0.3 is 32.8 Å². The van der Waals surface area contributed by atoms with Crippen molar-refractivity contribution in [1.29, 1.82) is 0 Å². The molecule has 202 valence electrons. The monoisotopic (exact) mass is 593 g/mol. The van der Waals surface area contributed by atoms with Crippen molar-refractivity contribution in [3.05, 3.63) is 45.4 Å². The lowest BCUT2D eigenvalue weighted by atomic mass is 9.97. The van der Waals surface area contributed by atoms with Crippen LogP contribution in [0.2, 0.25) is 0 Å². The first-order chi connectivity index (χ1) is 18.2. The summed E-state index contributed by atoms with van der Waals surface area (Å²) in [5, 5.41) is 8.91. The molecule has 4 heterocycles. The molecule has 2 aliphatic heterocycles. The van der Waals surface area contributed by atoms with Gasteiger partial charge >= 0.3 is 17.6 Å². The van der Waals surface area contributed by atoms with Crippen LogP contribution in [0, 0.1) is 0 Å². The van der Waals surface area contributed by atoms with Crippen LogP contribution in [0.15, 0.2) is 44.1 Å². The van der Waals surface area contributed by atoms with Gasteiger partial charge in [0.2, 0.25) is 6.29 Å². The van der Waals surface area contributed by atoms with Crippen LogP contribution in [0.25, 0.3) is 22.2 Å². The minimum atomic E-state index is -1.14. The molecule has 3 aromatic rings. The third-order valence-electron chi connectivity index (χ3n) is 5.93. The molecule has 2 aliphatic rings. The van der Waals surface area contributed by atoms with Gasteiger partial charge in [-0.1, -0.05) is 21.1 Å². The van der Waals surface area contributed by atoms with Gasteiger partial charge in [0, 0.05) is 35.3 Å². The third kappa shape index (κ3) is 5.63. The summed E-state index contributed by atoms with van der Waals surface area (Å²) in [5.41, 5.74) is 0.807. The molecular weight excluding hydrogens is 570 g/mol. The predicted molar refractivity (Wildman–Crippen MR) is 130 cm³/mol. The molecule has 2 aromatic heterocycles. The molecule has 0 bridgehead atoms. The minimum Gasteiger partial charge on any atom is -0.455 e. The van der Waals surface area contributed by atoms with E-state index < -0.39 is 54.6 Å². The summed E-state index contributed by atoms with van der Waals surface area (Å²) < 4.78 is 41.6. The van der Waals surface area contributed by atoms with Crippen LogP contribution in [-0.2, 0) is 44.7 Å². The van der Waals surface area contributed by atoms with Crippen molar-refractivity contribution in [2.24, 2.45) is 0 Å². The topological polar surface area (TPSA) is 150 Å². The van der Waals surface area contributed by atoms with Gasteiger partial charge in [-0.05, 0) is 25.1 Å². The summed E-state index contributed by atoms with van der Waals surface area (Å²) in [6.07, 6.45) is -3.62. The number of halogens is 1. The first-order valence-electron chi connectivity index (χ1n) is 11.7. The maximum absolute atomic E-state index is 12.1. The summed E-state index contributed by atoms with van der Waals surface area (Å²) in [6.45, 7) is 4.16. The van der Waals surface area contributed by atoms with Gasteiger partial charge in [-0.2, -0.15) is 0 Å². The number of benzene rings is 1. The molecule has 0 spiro atoms. The van der Waals surface area contributed by atoms with Crippen LogP contribution in [0.1, 0.15) is 20.8 Å². The number of ether oxygens (including phenoxy) is 6. The molecule has 0 amide bonds. The number of rotatable bonds is 6. The van der Waals surface area contributed by atoms with E-state index in [1.54, 1.807) is 25.3 Å². The third-order valence-corrected chi connectivity index (χ3v) is 6.42. The number of fused-ring (bicyclic) bond motifs is 2. The van der Waals surface area contributed by atoms with Crippen LogP contribution < -0.4 is 5.63 Å². The van der Waals surface area contributed by atoms with Crippen molar-refractivity contribution in [3.63, 3.8) is 0 Å². The molecule has 2 saturated heterocycles. The standard InChI is InChI=1S/C24H24BrN3O10/c1-11(29)34-22-21-19(9-32-13(3)36-21)38-24(23(22)35-12(2)30)33-10-28-8-17(26-27-28)15-7-20(31)37-18-5-4-14(25)6-16(15)18/h4-8,13,19,21-24H,9-10H2,1-3H3/t13?,19-,21-,22+,23-,24-/m1/s1. The lowest BCUT2D eigenvalue weighted by Crippen LogP contribution is -2.64. The van der Waals surface area contributed by atoms with Crippen LogP contribution in [0.4, 0.5) is 0 Å². The van der Waals surface area contributed by atoms with Crippen molar-refractivity contribution in [2.75, 3.05) is 6.61 Å². The Labute approximate surface area is 224 Å². The average molecular weight is 594 g/mol. The second-order valence-corrected chi connectivity index (χ2v) is 9.67. The van der Waals surface area contributed by atoms with Gasteiger partial charge in [-0.25, -0.2) is 9.48 Å². The normalized spacial score (nSPS) is 27.1. The summed E-state index contributed by atoms with van der Waals surface area (Å²) in [6, 6.07) is 6.59. The first kappa shape index (κ1) is 26.4. The molecule has 13 nitrogen and oxygen atoms in total. The Morgan fingerprint density at radius 3 is 2.66 bits per heavy atom. The summed E-state index contributed by atoms with van der Waals surface area (Å²) >= 11 is 3.42. The van der Waals surface area contributed by atoms with E-state index in [-0.39, 0.29) is 13.3 Å². The van der Waals surface area contributed by atoms with Crippen molar-refractivity contribution < 1.29 is 42.4 Å². The fourth-order valence-electron chi connectivity index (χ4n) is 4.43. The SMILES string of the molecule is CC(=O)O[C@@H]1[C@@H](OC(C)=O)[C@H](OCn2cc(-c3cc(=O)oc4ccc(Br)cc34)nn2)O[C@@H]2COC(C)O[C@@H]12. The Kier molecular flexibility index (Phi) is 7.59. The summed E-state index contributed by atoms with van der Waals surface area (Å²) in [4.78, 5) is 35.9. The van der Waals surface area contributed by atoms with Gasteiger partial charge in [-0.3, -0.25) is 9.59 Å². The van der Waals surface area contributed by atoms with Crippen molar-refractivity contribution >= 4 is 38.8 Å². The highest BCUT2D eigenvalue weighted by Crippen LogP contribution is 2.33. The zero-order chi connectivity index (χ0) is 27.0. The molecule has 0 saturated carbocycles. The molecule has 2 fully saturated rings. The van der Waals surface area contributed by atoms with Crippen LogP contribution >= 0.6 is 15.9 Å². The number of nitrogens with zero attached hydrogens (tertiary/aromatic N) is 3. The van der Waals surface area contributed by atoms with E-state index in [4.69, 9.17) is 32.8 Å². The highest BCUT2D eigenvalue weighted by Gasteiger charge is 2.53. The largest absolute Gasteiger partial charge is 0.455 e. The molecule has 6 atom stereocenters. The smallest absolute Gasteiger partial charge is 0.336 e. The molecular formula is C24H24BrN3O10. The maximum Gasteiger partial charge on any atom is 0.336 e. The second kappa shape index (κ2) is 10.9. The van der Waals surface area contributed by atoms with E-state index in [0.717, 1.165) is 4.47 Å². The molecule has 0 radical (unpaired) electrons. The van der Waals surface area contributed by atoms with E-state index in [2.05, 4.69) is 26.2 Å². The Balaban J connectivity index is 1.38. The zero-order valence-corrected chi connectivity index (χ0v) is 22.2. The molecule has 0 N–H and O–H groups in total. The van der Waals surface area contributed by atoms with Gasteiger partial charge in [0.25, 0.3) is 0 Å². The van der Waals surface area contributed by atoms with E-state index >= 15 is 0 Å². The van der Waals surface area contributed by atoms with Crippen LogP contribution in [-0.4, -0.2) is 70.5 Å². The van der Waals surface area contributed by atoms with E-state index in [0.29, 0.717) is 22.2 Å². The fraction of sp³-hybridized carbons (Fsp3) is 0.458. The minimum absolute atomic E-state index is 0.156. The van der Waals surface area contributed by atoms with E-state index in [9.17, 15) is 14.4 Å². The lowest BCUT2D eigenvalue weighted by Gasteiger charge is -2.47. The highest BCUT2D eigenvalue weighted by molar-refractivity contribution is 9.10. The number of carbonyl (C=O) groups excluding carboxylic acids is 2. The maximum atomic E-state index is 12.1. The molecule has 5 rings (SSSR count). The number of aromatic nitrogens is 3. The average Bonchev–Trinajstić information content (AvgIpc) is 3.33. The predicted octanol–water partition coefficient (Wildman–Crippen LogP) is 2.14. The van der Waals surface area contributed by atoms with Crippen LogP contribution in [0.5, 0.6) is 0 Å². The van der Waals surface area contributed by atoms with Gasteiger partial charge in [-0.15, -0.1) is 5.10 Å². The zero-order valence-electron chi connectivity index (χ0n) is 20.6.